The van der Waals surface area contributed by atoms with Crippen LogP contribution in [0.4, 0.5) is 0 Å². The minimum absolute atomic E-state index is 0.0166. The second-order valence-electron chi connectivity index (χ2n) is 3.40. The largest absolute Gasteiger partial charge is 0.508 e. The summed E-state index contributed by atoms with van der Waals surface area (Å²) < 4.78 is 10.2. The molecule has 6 heteroatoms. The predicted molar refractivity (Wildman–Crippen MR) is 53.7 cm³/mol. The number of nitrogens with two attached hydrogens (primary N) is 1. The molecule has 4 N–H and O–H groups in total. The van der Waals surface area contributed by atoms with Crippen molar-refractivity contribution in [2.24, 2.45) is 5.73 Å². The van der Waals surface area contributed by atoms with Gasteiger partial charge in [-0.1, -0.05) is 0 Å². The molecule has 0 fully saturated rings. The van der Waals surface area contributed by atoms with E-state index in [-0.39, 0.29) is 19.1 Å². The predicted octanol–water partition coefficient (Wildman–Crippen LogP) is 0.248. The molecule has 0 saturated carbocycles. The van der Waals surface area contributed by atoms with Gasteiger partial charge in [0.1, 0.15) is 5.75 Å². The lowest BCUT2D eigenvalue weighted by atomic mass is 9.97. The summed E-state index contributed by atoms with van der Waals surface area (Å²) in [5, 5.41) is 18.4. The fourth-order valence-electron chi connectivity index (χ4n) is 1.64. The molecule has 0 bridgehead atoms. The highest BCUT2D eigenvalue weighted by Crippen LogP contribution is 2.42. The topological polar surface area (TPSA) is 102 Å². The molecule has 16 heavy (non-hydrogen) atoms. The molecule has 86 valence electrons. The summed E-state index contributed by atoms with van der Waals surface area (Å²) in [6, 6.07) is 2.71. The van der Waals surface area contributed by atoms with Crippen molar-refractivity contribution in [1.29, 1.82) is 0 Å². The minimum Gasteiger partial charge on any atom is -0.508 e. The number of carbonyl (C=O) groups is 1. The van der Waals surface area contributed by atoms with E-state index in [1.54, 1.807) is 0 Å². The number of carboxylic acid groups (broad SMARTS) is 1. The van der Waals surface area contributed by atoms with E-state index in [1.165, 1.54) is 12.1 Å². The van der Waals surface area contributed by atoms with Crippen LogP contribution in [0.15, 0.2) is 12.1 Å². The van der Waals surface area contributed by atoms with Gasteiger partial charge in [0.25, 0.3) is 0 Å². The van der Waals surface area contributed by atoms with Crippen molar-refractivity contribution in [2.75, 3.05) is 13.3 Å². The standard InChI is InChI=1S/C10H11NO5/c11-3-7(10(13)14)6-1-5(12)2-8-9(6)16-4-15-8/h1-2,7,12H,3-4,11H2,(H,13,14). The molecule has 1 heterocycles. The first-order valence-corrected chi connectivity index (χ1v) is 4.69. The summed E-state index contributed by atoms with van der Waals surface area (Å²) in [6.45, 7) is -0.0583. The third kappa shape index (κ3) is 1.63. The lowest BCUT2D eigenvalue weighted by Crippen LogP contribution is -2.21. The van der Waals surface area contributed by atoms with Crippen molar-refractivity contribution in [3.8, 4) is 17.2 Å². The van der Waals surface area contributed by atoms with Crippen molar-refractivity contribution in [1.82, 2.24) is 0 Å². The summed E-state index contributed by atoms with van der Waals surface area (Å²) in [5.74, 6) is -1.36. The van der Waals surface area contributed by atoms with Crippen LogP contribution >= 0.6 is 0 Å². The van der Waals surface area contributed by atoms with Gasteiger partial charge >= 0.3 is 5.97 Å². The van der Waals surface area contributed by atoms with Gasteiger partial charge in [-0.2, -0.15) is 0 Å². The van der Waals surface area contributed by atoms with Gasteiger partial charge < -0.3 is 25.4 Å². The molecular formula is C10H11NO5. The monoisotopic (exact) mass is 225 g/mol. The highest BCUT2D eigenvalue weighted by atomic mass is 16.7. The van der Waals surface area contributed by atoms with E-state index in [9.17, 15) is 9.90 Å². The molecule has 0 saturated heterocycles. The smallest absolute Gasteiger partial charge is 0.312 e. The van der Waals surface area contributed by atoms with E-state index in [0.717, 1.165) is 0 Å². The number of phenolic OH excluding ortho intramolecular Hbond substituents is 1. The van der Waals surface area contributed by atoms with Gasteiger partial charge in [0.15, 0.2) is 11.5 Å². The zero-order valence-electron chi connectivity index (χ0n) is 8.34. The summed E-state index contributed by atoms with van der Waals surface area (Å²) in [5.41, 5.74) is 5.73. The van der Waals surface area contributed by atoms with Gasteiger partial charge in [0.2, 0.25) is 6.79 Å². The van der Waals surface area contributed by atoms with Crippen molar-refractivity contribution in [3.05, 3.63) is 17.7 Å². The maximum atomic E-state index is 11.0. The van der Waals surface area contributed by atoms with Gasteiger partial charge in [-0.25, -0.2) is 0 Å². The highest BCUT2D eigenvalue weighted by molar-refractivity contribution is 5.78. The molecule has 0 amide bonds. The molecule has 0 radical (unpaired) electrons. The fraction of sp³-hybridized carbons (Fsp3) is 0.300. The Kier molecular flexibility index (Phi) is 2.57. The van der Waals surface area contributed by atoms with Crippen molar-refractivity contribution in [3.63, 3.8) is 0 Å². The quantitative estimate of drug-likeness (QED) is 0.681. The Balaban J connectivity index is 2.51. The van der Waals surface area contributed by atoms with E-state index in [1.807, 2.05) is 0 Å². The van der Waals surface area contributed by atoms with Crippen LogP contribution in [0.3, 0.4) is 0 Å². The first-order valence-electron chi connectivity index (χ1n) is 4.69. The summed E-state index contributed by atoms with van der Waals surface area (Å²) in [4.78, 5) is 11.0. The molecular weight excluding hydrogens is 214 g/mol. The summed E-state index contributed by atoms with van der Waals surface area (Å²) >= 11 is 0. The summed E-state index contributed by atoms with van der Waals surface area (Å²) in [7, 11) is 0. The third-order valence-corrected chi connectivity index (χ3v) is 2.40. The molecule has 0 aromatic heterocycles. The molecule has 1 aromatic carbocycles. The van der Waals surface area contributed by atoms with Gasteiger partial charge in [-0.15, -0.1) is 0 Å². The van der Waals surface area contributed by atoms with Crippen LogP contribution in [0.2, 0.25) is 0 Å². The van der Waals surface area contributed by atoms with Crippen LogP contribution < -0.4 is 15.2 Å². The number of aliphatic carboxylic acids is 1. The molecule has 1 aliphatic rings. The number of aromatic hydroxyl groups is 1. The number of hydrogen-bond donors (Lipinski definition) is 3. The Labute approximate surface area is 91.2 Å². The van der Waals surface area contributed by atoms with Crippen molar-refractivity contribution in [2.45, 2.75) is 5.92 Å². The van der Waals surface area contributed by atoms with E-state index in [0.29, 0.717) is 17.1 Å². The van der Waals surface area contributed by atoms with Crippen molar-refractivity contribution < 1.29 is 24.5 Å². The number of phenols is 1. The lowest BCUT2D eigenvalue weighted by Gasteiger charge is -2.12. The lowest BCUT2D eigenvalue weighted by molar-refractivity contribution is -0.138. The molecule has 1 unspecified atom stereocenters. The molecule has 1 aliphatic heterocycles. The van der Waals surface area contributed by atoms with Gasteiger partial charge in [0, 0.05) is 18.2 Å². The average molecular weight is 225 g/mol. The van der Waals surface area contributed by atoms with Gasteiger partial charge in [-0.05, 0) is 6.07 Å². The SMILES string of the molecule is NCC(C(=O)O)c1cc(O)cc2c1OCO2. The Morgan fingerprint density at radius 2 is 2.25 bits per heavy atom. The van der Waals surface area contributed by atoms with Gasteiger partial charge in [-0.3, -0.25) is 4.79 Å². The Hall–Kier alpha value is -1.95. The summed E-state index contributed by atoms with van der Waals surface area (Å²) in [6.07, 6.45) is 0. The van der Waals surface area contributed by atoms with E-state index in [2.05, 4.69) is 0 Å². The highest BCUT2D eigenvalue weighted by Gasteiger charge is 2.28. The Bertz CT molecular complexity index is 431. The van der Waals surface area contributed by atoms with Crippen LogP contribution in [-0.4, -0.2) is 29.5 Å². The minimum atomic E-state index is -1.06. The number of hydrogen-bond acceptors (Lipinski definition) is 5. The number of fused-ring (bicyclic) bond motifs is 1. The van der Waals surface area contributed by atoms with Crippen LogP contribution in [0.1, 0.15) is 11.5 Å². The number of carboxylic acids is 1. The Morgan fingerprint density at radius 3 is 2.88 bits per heavy atom. The zero-order chi connectivity index (χ0) is 11.7. The van der Waals surface area contributed by atoms with Crippen LogP contribution in [0, 0.1) is 0 Å². The number of ether oxygens (including phenoxy) is 2. The van der Waals surface area contributed by atoms with E-state index >= 15 is 0 Å². The van der Waals surface area contributed by atoms with Crippen LogP contribution in [-0.2, 0) is 4.79 Å². The molecule has 6 nitrogen and oxygen atoms in total. The average Bonchev–Trinajstić information content (AvgIpc) is 2.65. The maximum Gasteiger partial charge on any atom is 0.312 e. The van der Waals surface area contributed by atoms with Crippen molar-refractivity contribution >= 4 is 5.97 Å². The Morgan fingerprint density at radius 1 is 1.50 bits per heavy atom. The molecule has 0 spiro atoms. The molecule has 2 rings (SSSR count). The zero-order valence-corrected chi connectivity index (χ0v) is 8.34. The van der Waals surface area contributed by atoms with Crippen LogP contribution in [0.25, 0.3) is 0 Å². The third-order valence-electron chi connectivity index (χ3n) is 2.40. The first kappa shape index (κ1) is 10.6. The second kappa shape index (κ2) is 3.90. The molecule has 0 aliphatic carbocycles. The molecule has 1 aromatic rings. The maximum absolute atomic E-state index is 11.0. The normalized spacial score (nSPS) is 14.8. The molecule has 1 atom stereocenters. The number of rotatable bonds is 3. The van der Waals surface area contributed by atoms with Crippen LogP contribution in [0.5, 0.6) is 17.2 Å². The fourth-order valence-corrected chi connectivity index (χ4v) is 1.64. The number of benzene rings is 1. The first-order chi connectivity index (χ1) is 7.63. The van der Waals surface area contributed by atoms with E-state index < -0.39 is 11.9 Å². The van der Waals surface area contributed by atoms with E-state index in [4.69, 9.17) is 20.3 Å². The van der Waals surface area contributed by atoms with Gasteiger partial charge in [0.05, 0.1) is 5.92 Å². The second-order valence-corrected chi connectivity index (χ2v) is 3.40.